The summed E-state index contributed by atoms with van der Waals surface area (Å²) < 4.78 is 0. The second-order valence-electron chi connectivity index (χ2n) is 13.8. The highest BCUT2D eigenvalue weighted by Gasteiger charge is 2.28. The van der Waals surface area contributed by atoms with E-state index in [1.54, 1.807) is 0 Å². The Labute approximate surface area is 219 Å². The molecule has 0 aliphatic carbocycles. The van der Waals surface area contributed by atoms with Gasteiger partial charge in [-0.1, -0.05) is 125 Å². The van der Waals surface area contributed by atoms with E-state index in [9.17, 15) is 10.2 Å². The van der Waals surface area contributed by atoms with Gasteiger partial charge in [-0.05, 0) is 73.0 Å². The van der Waals surface area contributed by atoms with Crippen molar-refractivity contribution >= 4 is 0 Å². The summed E-state index contributed by atoms with van der Waals surface area (Å²) in [7, 11) is 0. The maximum Gasteiger partial charge on any atom is 0.0665 e. The van der Waals surface area contributed by atoms with E-state index in [1.807, 2.05) is 69.2 Å². The molecule has 0 rings (SSSR count). The summed E-state index contributed by atoms with van der Waals surface area (Å²) in [5.41, 5.74) is -1.000. The van der Waals surface area contributed by atoms with Crippen LogP contribution in [0.25, 0.3) is 0 Å². The fourth-order valence-corrected chi connectivity index (χ4v) is 2.87. The lowest BCUT2D eigenvalue weighted by Gasteiger charge is -2.31. The molecule has 0 fully saturated rings. The molecule has 2 N–H and O–H groups in total. The molecule has 0 saturated heterocycles. The SMILES string of the molecule is CC(C)C(C)(O)C(C)C.CC(C)C(C)(O)C(C)C.CC(C)C(C)C(C)C.CC(C)C(C)C(C)C. The van der Waals surface area contributed by atoms with Crippen LogP contribution in [0, 0.1) is 59.2 Å². The monoisotopic (exact) mass is 489 g/mol. The Balaban J connectivity index is -0.000000177. The van der Waals surface area contributed by atoms with Gasteiger partial charge in [-0.15, -0.1) is 0 Å². The van der Waals surface area contributed by atoms with E-state index < -0.39 is 11.2 Å². The number of aliphatic hydroxyl groups is 2. The van der Waals surface area contributed by atoms with Gasteiger partial charge < -0.3 is 10.2 Å². The predicted molar refractivity (Wildman–Crippen MR) is 158 cm³/mol. The topological polar surface area (TPSA) is 40.5 Å². The average Bonchev–Trinajstić information content (AvgIpc) is 2.67. The van der Waals surface area contributed by atoms with Gasteiger partial charge in [0.15, 0.2) is 0 Å². The van der Waals surface area contributed by atoms with Crippen molar-refractivity contribution in [3.63, 3.8) is 0 Å². The van der Waals surface area contributed by atoms with Crippen molar-refractivity contribution in [2.45, 2.75) is 150 Å². The summed E-state index contributed by atoms with van der Waals surface area (Å²) in [5.74, 6) is 6.49. The third kappa shape index (κ3) is 19.1. The molecule has 0 aliphatic rings. The van der Waals surface area contributed by atoms with E-state index in [-0.39, 0.29) is 0 Å². The van der Waals surface area contributed by atoms with Crippen molar-refractivity contribution in [3.05, 3.63) is 0 Å². The van der Waals surface area contributed by atoms with Crippen LogP contribution in [-0.4, -0.2) is 21.4 Å². The minimum Gasteiger partial charge on any atom is -0.390 e. The van der Waals surface area contributed by atoms with Gasteiger partial charge in [0, 0.05) is 0 Å². The molecule has 0 saturated carbocycles. The van der Waals surface area contributed by atoms with Crippen LogP contribution in [0.4, 0.5) is 0 Å². The fraction of sp³-hybridized carbons (Fsp3) is 1.00. The first-order valence-electron chi connectivity index (χ1n) is 14.3. The summed E-state index contributed by atoms with van der Waals surface area (Å²) in [6.45, 7) is 43.0. The number of hydrogen-bond donors (Lipinski definition) is 2. The van der Waals surface area contributed by atoms with Gasteiger partial charge >= 0.3 is 0 Å². The highest BCUT2D eigenvalue weighted by Crippen LogP contribution is 2.25. The standard InChI is InChI=1S/2C8H18O.2C8H18/c2*1-6(2)8(5,9)7(3)4;2*1-6(2)8(5)7(3)4/h2*6-7,9H,1-5H3;2*6-8H,1-5H3. The van der Waals surface area contributed by atoms with Crippen molar-refractivity contribution in [1.29, 1.82) is 0 Å². The zero-order valence-electron chi connectivity index (χ0n) is 27.7. The van der Waals surface area contributed by atoms with Crippen LogP contribution in [0.5, 0.6) is 0 Å². The lowest BCUT2D eigenvalue weighted by Crippen LogP contribution is -2.36. The molecule has 212 valence electrons. The Hall–Kier alpha value is -0.0800. The normalized spacial score (nSPS) is 12.7. The highest BCUT2D eigenvalue weighted by molar-refractivity contribution is 4.79. The van der Waals surface area contributed by atoms with Crippen LogP contribution >= 0.6 is 0 Å². The van der Waals surface area contributed by atoms with Crippen LogP contribution in [0.2, 0.25) is 0 Å². The van der Waals surface area contributed by atoms with E-state index in [0.29, 0.717) is 23.7 Å². The van der Waals surface area contributed by atoms with Crippen molar-refractivity contribution in [3.8, 4) is 0 Å². The van der Waals surface area contributed by atoms with Gasteiger partial charge in [-0.25, -0.2) is 0 Å². The molecular weight excluding hydrogens is 416 g/mol. The Morgan fingerprint density at radius 1 is 0.324 bits per heavy atom. The average molecular weight is 489 g/mol. The van der Waals surface area contributed by atoms with E-state index in [4.69, 9.17) is 0 Å². The summed E-state index contributed by atoms with van der Waals surface area (Å²) in [4.78, 5) is 0. The predicted octanol–water partition coefficient (Wildman–Crippen LogP) is 9.97. The van der Waals surface area contributed by atoms with E-state index in [1.165, 1.54) is 0 Å². The molecule has 0 heterocycles. The second-order valence-corrected chi connectivity index (χ2v) is 13.8. The van der Waals surface area contributed by atoms with Crippen LogP contribution in [0.3, 0.4) is 0 Å². The summed E-state index contributed by atoms with van der Waals surface area (Å²) in [5, 5.41) is 19.3. The molecule has 0 amide bonds. The molecule has 2 heteroatoms. The fourth-order valence-electron chi connectivity index (χ4n) is 2.87. The molecule has 0 aliphatic heterocycles. The minimum absolute atomic E-state index is 0.345. The maximum absolute atomic E-state index is 9.67. The van der Waals surface area contributed by atoms with Gasteiger partial charge in [0.25, 0.3) is 0 Å². The maximum atomic E-state index is 9.67. The molecule has 0 spiro atoms. The molecule has 0 atom stereocenters. The van der Waals surface area contributed by atoms with Crippen LogP contribution in [-0.2, 0) is 0 Å². The molecule has 0 aromatic heterocycles. The van der Waals surface area contributed by atoms with Gasteiger partial charge in [-0.2, -0.15) is 0 Å². The molecule has 0 bridgehead atoms. The van der Waals surface area contributed by atoms with Gasteiger partial charge in [-0.3, -0.25) is 0 Å². The van der Waals surface area contributed by atoms with Crippen molar-refractivity contribution in [2.75, 3.05) is 0 Å². The minimum atomic E-state index is -0.500. The third-order valence-electron chi connectivity index (χ3n) is 8.88. The van der Waals surface area contributed by atoms with Gasteiger partial charge in [0.1, 0.15) is 0 Å². The second kappa shape index (κ2) is 19.1. The smallest absolute Gasteiger partial charge is 0.0665 e. The molecule has 0 unspecified atom stereocenters. The molecule has 2 nitrogen and oxygen atoms in total. The first-order chi connectivity index (χ1) is 14.9. The van der Waals surface area contributed by atoms with E-state index >= 15 is 0 Å². The van der Waals surface area contributed by atoms with Crippen molar-refractivity contribution in [2.24, 2.45) is 59.2 Å². The summed E-state index contributed by atoms with van der Waals surface area (Å²) >= 11 is 0. The lowest BCUT2D eigenvalue weighted by molar-refractivity contribution is -0.0291. The van der Waals surface area contributed by atoms with Gasteiger partial charge in [0.2, 0.25) is 0 Å². The first kappa shape index (κ1) is 41.1. The van der Waals surface area contributed by atoms with Crippen LogP contribution in [0.15, 0.2) is 0 Å². The molecule has 0 radical (unpaired) electrons. The zero-order valence-corrected chi connectivity index (χ0v) is 27.7. The third-order valence-corrected chi connectivity index (χ3v) is 8.88. The summed E-state index contributed by atoms with van der Waals surface area (Å²) in [6, 6.07) is 0. The van der Waals surface area contributed by atoms with Crippen molar-refractivity contribution < 1.29 is 10.2 Å². The molecule has 34 heavy (non-hydrogen) atoms. The molecule has 0 aromatic rings. The zero-order chi connectivity index (χ0) is 28.8. The van der Waals surface area contributed by atoms with E-state index in [2.05, 4.69) is 69.2 Å². The Morgan fingerprint density at radius 2 is 0.441 bits per heavy atom. The Morgan fingerprint density at radius 3 is 0.441 bits per heavy atom. The largest absolute Gasteiger partial charge is 0.390 e. The Bertz CT molecular complexity index is 362. The summed E-state index contributed by atoms with van der Waals surface area (Å²) in [6.07, 6.45) is 0. The Kier molecular flexibility index (Phi) is 23.1. The van der Waals surface area contributed by atoms with E-state index in [0.717, 1.165) is 35.5 Å². The highest BCUT2D eigenvalue weighted by atomic mass is 16.3. The quantitative estimate of drug-likeness (QED) is 0.357. The lowest BCUT2D eigenvalue weighted by atomic mass is 9.82. The van der Waals surface area contributed by atoms with Crippen LogP contribution in [0.1, 0.15) is 138 Å². The van der Waals surface area contributed by atoms with Gasteiger partial charge in [0.05, 0.1) is 11.2 Å². The number of rotatable bonds is 8. The molecular formula is C32H72O2. The number of hydrogen-bond acceptors (Lipinski definition) is 2. The first-order valence-corrected chi connectivity index (χ1v) is 14.3. The van der Waals surface area contributed by atoms with Crippen LogP contribution < -0.4 is 0 Å². The molecule has 0 aromatic carbocycles. The van der Waals surface area contributed by atoms with Crippen molar-refractivity contribution in [1.82, 2.24) is 0 Å².